The van der Waals surface area contributed by atoms with Gasteiger partial charge in [0.2, 0.25) is 0 Å². The molecule has 1 aliphatic heterocycles. The summed E-state index contributed by atoms with van der Waals surface area (Å²) in [7, 11) is -0.989. The number of rotatable bonds is 17. The Morgan fingerprint density at radius 3 is 2.43 bits per heavy atom. The number of nitrogens with zero attached hydrogens (tertiary/aromatic N) is 4. The summed E-state index contributed by atoms with van der Waals surface area (Å²) in [6, 6.07) is 12.1. The second-order valence-corrected chi connectivity index (χ2v) is 11.4. The van der Waals surface area contributed by atoms with E-state index in [2.05, 4.69) is 30.4 Å². The molecule has 0 saturated carbocycles. The van der Waals surface area contributed by atoms with Crippen LogP contribution in [0.3, 0.4) is 0 Å². The van der Waals surface area contributed by atoms with Crippen molar-refractivity contribution in [3.8, 4) is 17.0 Å². The van der Waals surface area contributed by atoms with Crippen LogP contribution in [0, 0.1) is 0 Å². The fraction of sp³-hybridized carbons (Fsp3) is 0.375. The van der Waals surface area contributed by atoms with Gasteiger partial charge in [-0.2, -0.15) is 5.10 Å². The topological polar surface area (TPSA) is 151 Å². The number of nitrogens with one attached hydrogen (secondary N) is 2. The molecule has 0 fully saturated rings. The third-order valence-corrected chi connectivity index (χ3v) is 7.33. The molecule has 0 atom stereocenters. The predicted octanol–water partition coefficient (Wildman–Crippen LogP) is 3.41. The first-order valence-corrected chi connectivity index (χ1v) is 15.5. The predicted molar refractivity (Wildman–Crippen MR) is 173 cm³/mol. The Labute approximate surface area is 280 Å². The second kappa shape index (κ2) is 16.2. The van der Waals surface area contributed by atoms with E-state index in [9.17, 15) is 23.0 Å². The molecule has 0 bridgehead atoms. The number of amides is 1. The van der Waals surface area contributed by atoms with Crippen molar-refractivity contribution in [2.75, 3.05) is 51.5 Å². The normalized spacial score (nSPS) is 13.7. The monoisotopic (exact) mass is 684 g/mol. The number of anilines is 2. The number of alkyl halides is 3. The summed E-state index contributed by atoms with van der Waals surface area (Å²) in [6.45, 7) is 6.85. The first kappa shape index (κ1) is 35.8. The Morgan fingerprint density at radius 1 is 0.980 bits per heavy atom. The maximum Gasteiger partial charge on any atom is 0.573 e. The molecule has 3 N–H and O–H groups in total. The highest BCUT2D eigenvalue weighted by Gasteiger charge is 2.40. The number of ether oxygens (including phenoxy) is 4. The SMILES string of the molecule is CC1(C)OB(O)c2ccc(C(=O)NCCOCCOCCOCCn3cc(-c4cc(Nc5ccc(OC(F)(F)F)cc5)ncn4)cn3)cc21. The van der Waals surface area contributed by atoms with Crippen LogP contribution in [0.2, 0.25) is 0 Å². The average molecular weight is 684 g/mol. The lowest BCUT2D eigenvalue weighted by molar-refractivity contribution is -0.274. The van der Waals surface area contributed by atoms with Gasteiger partial charge in [-0.25, -0.2) is 9.97 Å². The summed E-state index contributed by atoms with van der Waals surface area (Å²) in [5.41, 5.74) is 3.18. The number of hydrogen-bond acceptors (Lipinski definition) is 11. The van der Waals surface area contributed by atoms with Gasteiger partial charge in [0.25, 0.3) is 5.91 Å². The van der Waals surface area contributed by atoms with Gasteiger partial charge in [0.05, 0.1) is 63.7 Å². The molecule has 2 aromatic carbocycles. The molecular weight excluding hydrogens is 648 g/mol. The number of carbonyl (C=O) groups excluding carboxylic acids is 1. The molecule has 0 unspecified atom stereocenters. The summed E-state index contributed by atoms with van der Waals surface area (Å²) in [4.78, 5) is 21.0. The zero-order chi connectivity index (χ0) is 34.9. The summed E-state index contributed by atoms with van der Waals surface area (Å²) < 4.78 is 65.0. The van der Waals surface area contributed by atoms with Crippen molar-refractivity contribution in [3.05, 3.63) is 78.4 Å². The van der Waals surface area contributed by atoms with Crippen molar-refractivity contribution >= 4 is 30.0 Å². The largest absolute Gasteiger partial charge is 0.573 e. The third-order valence-electron chi connectivity index (χ3n) is 7.33. The van der Waals surface area contributed by atoms with E-state index in [1.807, 2.05) is 20.0 Å². The number of halogens is 3. The van der Waals surface area contributed by atoms with E-state index in [1.165, 1.54) is 30.6 Å². The molecular formula is C32H36BF3N6O7. The van der Waals surface area contributed by atoms with Gasteiger partial charge in [-0.15, -0.1) is 13.2 Å². The number of benzene rings is 2. The van der Waals surface area contributed by atoms with Crippen LogP contribution >= 0.6 is 0 Å². The van der Waals surface area contributed by atoms with Gasteiger partial charge in [-0.05, 0) is 61.3 Å². The molecule has 0 spiro atoms. The molecule has 260 valence electrons. The van der Waals surface area contributed by atoms with Gasteiger partial charge in [-0.3, -0.25) is 9.48 Å². The summed E-state index contributed by atoms with van der Waals surface area (Å²) >= 11 is 0. The molecule has 49 heavy (non-hydrogen) atoms. The van der Waals surface area contributed by atoms with E-state index in [-0.39, 0.29) is 11.7 Å². The molecule has 4 aromatic rings. The molecule has 0 saturated heterocycles. The highest BCUT2D eigenvalue weighted by atomic mass is 19.4. The van der Waals surface area contributed by atoms with Gasteiger partial charge < -0.3 is 39.3 Å². The van der Waals surface area contributed by atoms with E-state index >= 15 is 0 Å². The summed E-state index contributed by atoms with van der Waals surface area (Å²) in [5, 5.41) is 20.2. The lowest BCUT2D eigenvalue weighted by atomic mass is 9.78. The quantitative estimate of drug-likeness (QED) is 0.111. The van der Waals surface area contributed by atoms with Crippen LogP contribution in [0.5, 0.6) is 5.75 Å². The molecule has 1 amide bonds. The zero-order valence-corrected chi connectivity index (χ0v) is 26.9. The number of fused-ring (bicyclic) bond motifs is 1. The highest BCUT2D eigenvalue weighted by molar-refractivity contribution is 6.62. The standard InChI is InChI=1S/C32H36BF3N6O7/c1-31(2)26-17-22(3-8-27(26)33(44)49-31)30(43)37-9-11-45-13-15-47-16-14-46-12-10-42-20-23(19-40-42)28-18-29(39-21-38-28)41-24-4-6-25(7-5-24)48-32(34,35)36/h3-8,17-21,44H,9-16H2,1-2H3,(H,37,43)(H,38,39,41). The molecule has 5 rings (SSSR count). The summed E-state index contributed by atoms with van der Waals surface area (Å²) in [6.07, 6.45) is 0.111. The van der Waals surface area contributed by atoms with Gasteiger partial charge in [0.15, 0.2) is 0 Å². The number of hydrogen-bond donors (Lipinski definition) is 3. The fourth-order valence-corrected chi connectivity index (χ4v) is 4.97. The van der Waals surface area contributed by atoms with Crippen LogP contribution in [-0.4, -0.2) is 90.3 Å². The van der Waals surface area contributed by atoms with Gasteiger partial charge in [0, 0.05) is 35.6 Å². The Hall–Kier alpha value is -4.55. The van der Waals surface area contributed by atoms with Crippen molar-refractivity contribution in [2.45, 2.75) is 32.4 Å². The maximum atomic E-state index is 12.5. The van der Waals surface area contributed by atoms with Crippen LogP contribution in [0.4, 0.5) is 24.7 Å². The molecule has 2 aromatic heterocycles. The van der Waals surface area contributed by atoms with Crippen LogP contribution in [0.25, 0.3) is 11.3 Å². The lowest BCUT2D eigenvalue weighted by Gasteiger charge is -2.20. The molecule has 3 heterocycles. The fourth-order valence-electron chi connectivity index (χ4n) is 4.97. The Kier molecular flexibility index (Phi) is 11.8. The smallest absolute Gasteiger partial charge is 0.423 e. The van der Waals surface area contributed by atoms with Crippen LogP contribution in [-0.2, 0) is 31.0 Å². The highest BCUT2D eigenvalue weighted by Crippen LogP contribution is 2.30. The first-order chi connectivity index (χ1) is 23.5. The molecule has 13 nitrogen and oxygen atoms in total. The molecule has 0 aliphatic carbocycles. The lowest BCUT2D eigenvalue weighted by Crippen LogP contribution is -2.30. The minimum absolute atomic E-state index is 0.229. The van der Waals surface area contributed by atoms with Gasteiger partial charge >= 0.3 is 13.5 Å². The minimum atomic E-state index is -4.75. The zero-order valence-electron chi connectivity index (χ0n) is 26.9. The van der Waals surface area contributed by atoms with Crippen molar-refractivity contribution in [3.63, 3.8) is 0 Å². The van der Waals surface area contributed by atoms with Crippen molar-refractivity contribution in [1.29, 1.82) is 0 Å². The van der Waals surface area contributed by atoms with E-state index in [1.54, 1.807) is 35.1 Å². The van der Waals surface area contributed by atoms with Crippen LogP contribution < -0.4 is 20.8 Å². The van der Waals surface area contributed by atoms with Crippen molar-refractivity contribution < 1.29 is 46.6 Å². The Morgan fingerprint density at radius 2 is 1.69 bits per heavy atom. The molecule has 17 heteroatoms. The van der Waals surface area contributed by atoms with Gasteiger partial charge in [-0.1, -0.05) is 6.07 Å². The van der Waals surface area contributed by atoms with E-state index in [4.69, 9.17) is 18.9 Å². The van der Waals surface area contributed by atoms with Gasteiger partial charge in [0.1, 0.15) is 17.9 Å². The maximum absolute atomic E-state index is 12.5. The van der Waals surface area contributed by atoms with E-state index < -0.39 is 19.1 Å². The second-order valence-electron chi connectivity index (χ2n) is 11.4. The van der Waals surface area contributed by atoms with Crippen LogP contribution in [0.15, 0.2) is 67.3 Å². The van der Waals surface area contributed by atoms with E-state index in [0.29, 0.717) is 81.0 Å². The Bertz CT molecular complexity index is 1690. The Balaban J connectivity index is 0.911. The average Bonchev–Trinajstić information content (AvgIpc) is 3.62. The van der Waals surface area contributed by atoms with Crippen molar-refractivity contribution in [2.24, 2.45) is 0 Å². The first-order valence-electron chi connectivity index (χ1n) is 15.5. The minimum Gasteiger partial charge on any atom is -0.423 e. The number of aromatic nitrogens is 4. The van der Waals surface area contributed by atoms with Crippen molar-refractivity contribution in [1.82, 2.24) is 25.1 Å². The number of carbonyl (C=O) groups is 1. The third kappa shape index (κ3) is 10.5. The molecule has 1 aliphatic rings. The van der Waals surface area contributed by atoms with Crippen LogP contribution in [0.1, 0.15) is 29.8 Å². The molecule has 0 radical (unpaired) electrons. The van der Waals surface area contributed by atoms with E-state index in [0.717, 1.165) is 11.1 Å². The summed E-state index contributed by atoms with van der Waals surface area (Å²) in [5.74, 6) is -0.0905.